The van der Waals surface area contributed by atoms with Crippen molar-refractivity contribution >= 4 is 0 Å². The van der Waals surface area contributed by atoms with Gasteiger partial charge in [-0.2, -0.15) is 0 Å². The van der Waals surface area contributed by atoms with Gasteiger partial charge in [0.15, 0.2) is 0 Å². The summed E-state index contributed by atoms with van der Waals surface area (Å²) in [7, 11) is 2.19. The minimum Gasteiger partial charge on any atom is -0.381 e. The molecule has 4 heteroatoms. The maximum Gasteiger partial charge on any atom is 0.0702 e. The molecule has 17 heavy (non-hydrogen) atoms. The molecule has 0 spiro atoms. The first-order valence-corrected chi connectivity index (χ1v) is 6.79. The summed E-state index contributed by atoms with van der Waals surface area (Å²) in [4.78, 5) is 2.43. The molecule has 0 radical (unpaired) electrons. The van der Waals surface area contributed by atoms with E-state index < -0.39 is 0 Å². The van der Waals surface area contributed by atoms with E-state index in [0.29, 0.717) is 18.6 Å². The molecule has 0 aromatic heterocycles. The van der Waals surface area contributed by atoms with E-state index in [2.05, 4.69) is 18.9 Å². The summed E-state index contributed by atoms with van der Waals surface area (Å²) in [6.45, 7) is 6.54. The van der Waals surface area contributed by atoms with Crippen molar-refractivity contribution < 1.29 is 9.47 Å². The van der Waals surface area contributed by atoms with Gasteiger partial charge in [0.2, 0.25) is 0 Å². The minimum absolute atomic E-state index is 0.101. The maximum absolute atomic E-state index is 6.07. The number of hydrogen-bond acceptors (Lipinski definition) is 4. The first-order valence-electron chi connectivity index (χ1n) is 6.79. The SMILES string of the molecule is CC1COCCC1(CN)N(C)CC1CCCO1. The molecule has 2 aliphatic heterocycles. The summed E-state index contributed by atoms with van der Waals surface area (Å²) < 4.78 is 11.3. The molecule has 3 unspecified atom stereocenters. The van der Waals surface area contributed by atoms with E-state index >= 15 is 0 Å². The number of nitrogens with two attached hydrogens (primary N) is 1. The quantitative estimate of drug-likeness (QED) is 0.794. The molecule has 0 amide bonds. The molecule has 2 N–H and O–H groups in total. The van der Waals surface area contributed by atoms with E-state index in [0.717, 1.165) is 32.8 Å². The Labute approximate surface area is 104 Å². The van der Waals surface area contributed by atoms with Crippen molar-refractivity contribution in [1.82, 2.24) is 4.90 Å². The van der Waals surface area contributed by atoms with Crippen LogP contribution in [0.25, 0.3) is 0 Å². The molecule has 2 aliphatic rings. The lowest BCUT2D eigenvalue weighted by molar-refractivity contribution is -0.0689. The Morgan fingerprint density at radius 3 is 2.82 bits per heavy atom. The maximum atomic E-state index is 6.07. The average molecular weight is 242 g/mol. The fraction of sp³-hybridized carbons (Fsp3) is 1.00. The van der Waals surface area contributed by atoms with Gasteiger partial charge in [-0.1, -0.05) is 6.92 Å². The van der Waals surface area contributed by atoms with E-state index in [1.54, 1.807) is 0 Å². The molecule has 2 saturated heterocycles. The summed E-state index contributed by atoms with van der Waals surface area (Å²) in [5, 5.41) is 0. The van der Waals surface area contributed by atoms with Gasteiger partial charge in [0.1, 0.15) is 0 Å². The predicted molar refractivity (Wildman–Crippen MR) is 68.0 cm³/mol. The Bertz CT molecular complexity index is 244. The van der Waals surface area contributed by atoms with Gasteiger partial charge >= 0.3 is 0 Å². The van der Waals surface area contributed by atoms with E-state index in [-0.39, 0.29) is 5.54 Å². The predicted octanol–water partition coefficient (Wildman–Crippen LogP) is 0.851. The number of rotatable bonds is 4. The van der Waals surface area contributed by atoms with Crippen LogP contribution in [0.2, 0.25) is 0 Å². The lowest BCUT2D eigenvalue weighted by Gasteiger charge is -2.48. The van der Waals surface area contributed by atoms with Crippen molar-refractivity contribution in [2.75, 3.05) is 40.0 Å². The van der Waals surface area contributed by atoms with Crippen LogP contribution in [-0.4, -0.2) is 56.5 Å². The molecule has 2 fully saturated rings. The molecule has 3 atom stereocenters. The highest BCUT2D eigenvalue weighted by Gasteiger charge is 2.41. The zero-order valence-electron chi connectivity index (χ0n) is 11.2. The molecule has 0 aromatic carbocycles. The van der Waals surface area contributed by atoms with Crippen LogP contribution in [0.1, 0.15) is 26.2 Å². The molecular formula is C13H26N2O2. The molecule has 0 saturated carbocycles. The number of likely N-dealkylation sites (N-methyl/N-ethyl adjacent to an activating group) is 1. The Balaban J connectivity index is 1.99. The standard InChI is InChI=1S/C13H26N2O2/c1-11-9-16-7-5-13(11,10-14)15(2)8-12-4-3-6-17-12/h11-12H,3-10,14H2,1-2H3. The molecule has 2 rings (SSSR count). The summed E-state index contributed by atoms with van der Waals surface area (Å²) in [6, 6.07) is 0. The van der Waals surface area contributed by atoms with Gasteiger partial charge < -0.3 is 15.2 Å². The highest BCUT2D eigenvalue weighted by Crippen LogP contribution is 2.32. The fourth-order valence-corrected chi connectivity index (χ4v) is 3.21. The molecular weight excluding hydrogens is 216 g/mol. The molecule has 2 heterocycles. The first kappa shape index (κ1) is 13.3. The molecule has 0 bridgehead atoms. The minimum atomic E-state index is 0.101. The van der Waals surface area contributed by atoms with Gasteiger partial charge in [-0.05, 0) is 32.2 Å². The fourth-order valence-electron chi connectivity index (χ4n) is 3.21. The number of ether oxygens (including phenoxy) is 2. The Hall–Kier alpha value is -0.160. The van der Waals surface area contributed by atoms with Gasteiger partial charge in [-0.15, -0.1) is 0 Å². The summed E-state index contributed by atoms with van der Waals surface area (Å²) >= 11 is 0. The molecule has 0 aromatic rings. The van der Waals surface area contributed by atoms with Gasteiger partial charge in [0.05, 0.1) is 12.7 Å². The molecule has 4 nitrogen and oxygen atoms in total. The van der Waals surface area contributed by atoms with Crippen LogP contribution >= 0.6 is 0 Å². The summed E-state index contributed by atoms with van der Waals surface area (Å²) in [6.07, 6.45) is 3.83. The van der Waals surface area contributed by atoms with Crippen molar-refractivity contribution in [3.63, 3.8) is 0 Å². The van der Waals surface area contributed by atoms with Crippen molar-refractivity contribution in [2.45, 2.75) is 37.8 Å². The highest BCUT2D eigenvalue weighted by atomic mass is 16.5. The monoisotopic (exact) mass is 242 g/mol. The highest BCUT2D eigenvalue weighted by molar-refractivity contribution is 4.97. The van der Waals surface area contributed by atoms with Crippen LogP contribution in [-0.2, 0) is 9.47 Å². The number of hydrogen-bond donors (Lipinski definition) is 1. The largest absolute Gasteiger partial charge is 0.381 e. The molecule has 0 aliphatic carbocycles. The van der Waals surface area contributed by atoms with Crippen LogP contribution < -0.4 is 5.73 Å². The average Bonchev–Trinajstić information content (AvgIpc) is 2.82. The van der Waals surface area contributed by atoms with E-state index in [1.807, 2.05) is 0 Å². The Morgan fingerprint density at radius 1 is 1.41 bits per heavy atom. The van der Waals surface area contributed by atoms with Crippen LogP contribution in [0.5, 0.6) is 0 Å². The van der Waals surface area contributed by atoms with Crippen LogP contribution in [0.3, 0.4) is 0 Å². The van der Waals surface area contributed by atoms with Crippen LogP contribution in [0.4, 0.5) is 0 Å². The van der Waals surface area contributed by atoms with Gasteiger partial charge in [-0.25, -0.2) is 0 Å². The Morgan fingerprint density at radius 2 is 2.24 bits per heavy atom. The lowest BCUT2D eigenvalue weighted by atomic mass is 9.79. The normalized spacial score (nSPS) is 38.8. The molecule has 100 valence electrons. The zero-order chi connectivity index (χ0) is 12.3. The third-order valence-electron chi connectivity index (χ3n) is 4.58. The van der Waals surface area contributed by atoms with E-state index in [1.165, 1.54) is 12.8 Å². The van der Waals surface area contributed by atoms with Gasteiger partial charge in [0.25, 0.3) is 0 Å². The summed E-state index contributed by atoms with van der Waals surface area (Å²) in [5.41, 5.74) is 6.17. The lowest BCUT2D eigenvalue weighted by Crippen LogP contribution is -2.61. The van der Waals surface area contributed by atoms with Crippen LogP contribution in [0, 0.1) is 5.92 Å². The van der Waals surface area contributed by atoms with E-state index in [4.69, 9.17) is 15.2 Å². The third-order valence-corrected chi connectivity index (χ3v) is 4.58. The first-order chi connectivity index (χ1) is 8.19. The second-order valence-corrected chi connectivity index (χ2v) is 5.55. The van der Waals surface area contributed by atoms with Crippen molar-refractivity contribution in [2.24, 2.45) is 11.7 Å². The summed E-state index contributed by atoms with van der Waals surface area (Å²) in [5.74, 6) is 0.493. The third kappa shape index (κ3) is 2.65. The second kappa shape index (κ2) is 5.65. The van der Waals surface area contributed by atoms with Gasteiger partial charge in [-0.3, -0.25) is 4.90 Å². The zero-order valence-corrected chi connectivity index (χ0v) is 11.2. The van der Waals surface area contributed by atoms with Crippen molar-refractivity contribution in [3.05, 3.63) is 0 Å². The second-order valence-electron chi connectivity index (χ2n) is 5.55. The number of nitrogens with zero attached hydrogens (tertiary/aromatic N) is 1. The Kier molecular flexibility index (Phi) is 4.42. The van der Waals surface area contributed by atoms with Crippen molar-refractivity contribution in [1.29, 1.82) is 0 Å². The van der Waals surface area contributed by atoms with E-state index in [9.17, 15) is 0 Å². The topological polar surface area (TPSA) is 47.7 Å². The van der Waals surface area contributed by atoms with Crippen molar-refractivity contribution in [3.8, 4) is 0 Å². The van der Waals surface area contributed by atoms with Crippen LogP contribution in [0.15, 0.2) is 0 Å². The van der Waals surface area contributed by atoms with Gasteiger partial charge in [0, 0.05) is 31.8 Å². The smallest absolute Gasteiger partial charge is 0.0702 e.